The molecule has 1 heterocycles. The monoisotopic (exact) mass is 269 g/mol. The second kappa shape index (κ2) is 3.66. The van der Waals surface area contributed by atoms with Crippen LogP contribution in [0.25, 0.3) is 11.1 Å². The molecule has 0 aliphatic heterocycles. The molecule has 0 fully saturated rings. The van der Waals surface area contributed by atoms with Gasteiger partial charge in [-0.15, -0.1) is 0 Å². The smallest absolute Gasteiger partial charge is 0.407 e. The van der Waals surface area contributed by atoms with Gasteiger partial charge in [0.2, 0.25) is 0 Å². The van der Waals surface area contributed by atoms with E-state index in [9.17, 15) is 9.59 Å². The lowest BCUT2D eigenvalue weighted by atomic mass is 10.1. The lowest BCUT2D eigenvalue weighted by Gasteiger charge is -1.98. The van der Waals surface area contributed by atoms with E-state index in [2.05, 4.69) is 15.9 Å². The van der Waals surface area contributed by atoms with Gasteiger partial charge in [-0.3, -0.25) is 4.57 Å². The summed E-state index contributed by atoms with van der Waals surface area (Å²) in [5.41, 5.74) is 1.89. The number of aromatic nitrogens is 1. The van der Waals surface area contributed by atoms with Crippen LogP contribution in [-0.4, -0.2) is 10.9 Å². The maximum atomic E-state index is 11.3. The van der Waals surface area contributed by atoms with E-state index in [1.54, 1.807) is 19.2 Å². The van der Waals surface area contributed by atoms with E-state index >= 15 is 0 Å². The van der Waals surface area contributed by atoms with Gasteiger partial charge >= 0.3 is 5.76 Å². The van der Waals surface area contributed by atoms with Crippen LogP contribution in [0.3, 0.4) is 0 Å². The maximum absolute atomic E-state index is 11.3. The lowest BCUT2D eigenvalue weighted by molar-refractivity contribution is -0.107. The molecule has 1 aromatic carbocycles. The largest absolute Gasteiger partial charge is 0.419 e. The van der Waals surface area contributed by atoms with Crippen LogP contribution in [-0.2, 0) is 18.3 Å². The minimum Gasteiger partial charge on any atom is -0.407 e. The van der Waals surface area contributed by atoms with Gasteiger partial charge in [0.25, 0.3) is 0 Å². The summed E-state index contributed by atoms with van der Waals surface area (Å²) in [6.07, 6.45) is 1.02. The van der Waals surface area contributed by atoms with Crippen molar-refractivity contribution in [3.8, 4) is 0 Å². The highest BCUT2D eigenvalue weighted by molar-refractivity contribution is 9.10. The Morgan fingerprint density at radius 1 is 1.53 bits per heavy atom. The summed E-state index contributed by atoms with van der Waals surface area (Å²) in [5.74, 6) is -0.421. The molecule has 2 rings (SSSR count). The summed E-state index contributed by atoms with van der Waals surface area (Å²) in [7, 11) is 1.63. The van der Waals surface area contributed by atoms with Crippen LogP contribution in [0.1, 0.15) is 5.56 Å². The average molecular weight is 270 g/mol. The summed E-state index contributed by atoms with van der Waals surface area (Å²) < 4.78 is 7.30. The second-order valence-electron chi connectivity index (χ2n) is 3.21. The van der Waals surface area contributed by atoms with Crippen LogP contribution in [0, 0.1) is 0 Å². The van der Waals surface area contributed by atoms with E-state index in [1.165, 1.54) is 4.57 Å². The normalized spacial score (nSPS) is 10.8. The molecule has 0 atom stereocenters. The summed E-state index contributed by atoms with van der Waals surface area (Å²) in [5, 5.41) is 0. The minimum atomic E-state index is -0.421. The van der Waals surface area contributed by atoms with Gasteiger partial charge in [-0.05, 0) is 12.1 Å². The van der Waals surface area contributed by atoms with E-state index < -0.39 is 5.76 Å². The molecule has 0 aliphatic carbocycles. The second-order valence-corrected chi connectivity index (χ2v) is 4.13. The molecule has 1 aromatic heterocycles. The van der Waals surface area contributed by atoms with Gasteiger partial charge in [0.05, 0.1) is 5.52 Å². The Kier molecular flexibility index (Phi) is 2.48. The fraction of sp³-hybridized carbons (Fsp3) is 0.200. The van der Waals surface area contributed by atoms with E-state index in [1.807, 2.05) is 0 Å². The van der Waals surface area contributed by atoms with E-state index in [4.69, 9.17) is 4.42 Å². The first-order chi connectivity index (χ1) is 7.13. The van der Waals surface area contributed by atoms with Crippen molar-refractivity contribution in [2.45, 2.75) is 6.42 Å². The van der Waals surface area contributed by atoms with Gasteiger partial charge < -0.3 is 9.21 Å². The molecule has 78 valence electrons. The predicted molar refractivity (Wildman–Crippen MR) is 58.9 cm³/mol. The molecular formula is C10H8BrNO3. The Morgan fingerprint density at radius 2 is 2.27 bits per heavy atom. The molecular weight excluding hydrogens is 262 g/mol. The summed E-state index contributed by atoms with van der Waals surface area (Å²) in [4.78, 5) is 21.8. The van der Waals surface area contributed by atoms with E-state index in [0.717, 1.165) is 10.8 Å². The third-order valence-corrected chi connectivity index (χ3v) is 2.70. The predicted octanol–water partition coefficient (Wildman–Crippen LogP) is 1.64. The number of carbonyl (C=O) groups excluding carboxylic acids is 1. The number of aryl methyl sites for hydroxylation is 1. The quantitative estimate of drug-likeness (QED) is 0.779. The number of halogens is 1. The van der Waals surface area contributed by atoms with Gasteiger partial charge in [0, 0.05) is 23.5 Å². The molecule has 2 aromatic rings. The fourth-order valence-corrected chi connectivity index (χ4v) is 1.99. The van der Waals surface area contributed by atoms with Crippen molar-refractivity contribution in [3.63, 3.8) is 0 Å². The van der Waals surface area contributed by atoms with Crippen molar-refractivity contribution in [1.29, 1.82) is 0 Å². The SMILES string of the molecule is Cn1c(=O)oc2c(CC=O)cc(Br)cc21. The molecule has 0 spiro atoms. The Morgan fingerprint density at radius 3 is 2.93 bits per heavy atom. The Hall–Kier alpha value is -1.36. The first-order valence-corrected chi connectivity index (χ1v) is 5.14. The minimum absolute atomic E-state index is 0.239. The maximum Gasteiger partial charge on any atom is 0.419 e. The fourth-order valence-electron chi connectivity index (χ4n) is 1.50. The third kappa shape index (κ3) is 1.63. The van der Waals surface area contributed by atoms with Crippen LogP contribution >= 0.6 is 15.9 Å². The van der Waals surface area contributed by atoms with Crippen molar-refractivity contribution < 1.29 is 9.21 Å². The Labute approximate surface area is 93.6 Å². The highest BCUT2D eigenvalue weighted by Crippen LogP contribution is 2.23. The first-order valence-electron chi connectivity index (χ1n) is 4.35. The molecule has 15 heavy (non-hydrogen) atoms. The van der Waals surface area contributed by atoms with Crippen LogP contribution in [0.4, 0.5) is 0 Å². The van der Waals surface area contributed by atoms with Crippen LogP contribution < -0.4 is 5.76 Å². The number of fused-ring (bicyclic) bond motifs is 1. The van der Waals surface area contributed by atoms with Crippen molar-refractivity contribution in [2.75, 3.05) is 0 Å². The number of benzene rings is 1. The molecule has 0 unspecified atom stereocenters. The number of oxazole rings is 1. The topological polar surface area (TPSA) is 52.2 Å². The molecule has 0 bridgehead atoms. The molecule has 5 heteroatoms. The van der Waals surface area contributed by atoms with Gasteiger partial charge in [-0.1, -0.05) is 15.9 Å². The highest BCUT2D eigenvalue weighted by Gasteiger charge is 2.11. The summed E-state index contributed by atoms with van der Waals surface area (Å²) >= 11 is 3.32. The molecule has 0 amide bonds. The zero-order chi connectivity index (χ0) is 11.0. The van der Waals surface area contributed by atoms with Gasteiger partial charge in [-0.2, -0.15) is 0 Å². The standard InChI is InChI=1S/C10H8BrNO3/c1-12-8-5-7(11)4-6(2-3-13)9(8)15-10(12)14/h3-5H,2H2,1H3. The number of nitrogens with zero attached hydrogens (tertiary/aromatic N) is 1. The number of carbonyl (C=O) groups is 1. The van der Waals surface area contributed by atoms with Gasteiger partial charge in [0.15, 0.2) is 5.58 Å². The van der Waals surface area contributed by atoms with E-state index in [-0.39, 0.29) is 6.42 Å². The molecule has 0 saturated carbocycles. The van der Waals surface area contributed by atoms with Crippen molar-refractivity contribution in [2.24, 2.45) is 7.05 Å². The van der Waals surface area contributed by atoms with Gasteiger partial charge in [-0.25, -0.2) is 4.79 Å². The highest BCUT2D eigenvalue weighted by atomic mass is 79.9. The Balaban J connectivity index is 2.85. The molecule has 0 aliphatic rings. The van der Waals surface area contributed by atoms with E-state index in [0.29, 0.717) is 16.7 Å². The van der Waals surface area contributed by atoms with Crippen LogP contribution in [0.5, 0.6) is 0 Å². The lowest BCUT2D eigenvalue weighted by Crippen LogP contribution is -2.08. The van der Waals surface area contributed by atoms with Crippen molar-refractivity contribution in [3.05, 3.63) is 32.7 Å². The number of rotatable bonds is 2. The van der Waals surface area contributed by atoms with Crippen molar-refractivity contribution >= 4 is 33.3 Å². The number of aldehydes is 1. The molecule has 0 saturated heterocycles. The summed E-state index contributed by atoms with van der Waals surface area (Å²) in [6, 6.07) is 3.56. The van der Waals surface area contributed by atoms with Crippen molar-refractivity contribution in [1.82, 2.24) is 4.57 Å². The molecule has 0 N–H and O–H groups in total. The molecule has 4 nitrogen and oxygen atoms in total. The molecule has 0 radical (unpaired) electrons. The first kappa shape index (κ1) is 10.2. The number of hydrogen-bond donors (Lipinski definition) is 0. The summed E-state index contributed by atoms with van der Waals surface area (Å²) in [6.45, 7) is 0. The third-order valence-electron chi connectivity index (χ3n) is 2.24. The zero-order valence-electron chi connectivity index (χ0n) is 7.99. The zero-order valence-corrected chi connectivity index (χ0v) is 9.58. The van der Waals surface area contributed by atoms with Crippen LogP contribution in [0.2, 0.25) is 0 Å². The average Bonchev–Trinajstić information content (AvgIpc) is 2.46. The van der Waals surface area contributed by atoms with Crippen LogP contribution in [0.15, 0.2) is 25.8 Å². The Bertz CT molecular complexity index is 582. The number of hydrogen-bond acceptors (Lipinski definition) is 3. The van der Waals surface area contributed by atoms with Gasteiger partial charge in [0.1, 0.15) is 6.29 Å².